The minimum absolute atomic E-state index is 0. The molecule has 0 aliphatic heterocycles. The third kappa shape index (κ3) is 4.48. The average Bonchev–Trinajstić information content (AvgIpc) is 2.35. The summed E-state index contributed by atoms with van der Waals surface area (Å²) in [7, 11) is -1.89. The molecule has 0 saturated heterocycles. The monoisotopic (exact) mass is 303 g/mol. The Bertz CT molecular complexity index is 567. The predicted octanol–water partition coefficient (Wildman–Crippen LogP) is 1.17. The number of hydrogen-bond donors (Lipinski definition) is 2. The van der Waals surface area contributed by atoms with Gasteiger partial charge in [-0.2, -0.15) is 5.26 Å². The maximum absolute atomic E-state index is 12.1. The second-order valence-electron chi connectivity index (χ2n) is 4.10. The number of rotatable bonds is 5. The topological polar surface area (TPSA) is 82.0 Å². The molecule has 0 spiro atoms. The maximum atomic E-state index is 12.1. The van der Waals surface area contributed by atoms with Gasteiger partial charge in [-0.05, 0) is 32.5 Å². The summed E-state index contributed by atoms with van der Waals surface area (Å²) in [6.45, 7) is 3.86. The first-order chi connectivity index (χ1) is 8.42. The SMILES string of the molecule is CNC(C)CNS(=O)(=O)c1cccc(C)c1C#N.Cl. The Balaban J connectivity index is 0.00000324. The van der Waals surface area contributed by atoms with Crippen LogP contribution in [0.3, 0.4) is 0 Å². The van der Waals surface area contributed by atoms with Crippen molar-refractivity contribution in [2.45, 2.75) is 24.8 Å². The van der Waals surface area contributed by atoms with Gasteiger partial charge in [-0.3, -0.25) is 0 Å². The fourth-order valence-corrected chi connectivity index (χ4v) is 2.78. The van der Waals surface area contributed by atoms with Gasteiger partial charge in [0.1, 0.15) is 6.07 Å². The molecule has 0 fully saturated rings. The number of hydrogen-bond acceptors (Lipinski definition) is 4. The Labute approximate surface area is 120 Å². The van der Waals surface area contributed by atoms with Crippen LogP contribution in [0.4, 0.5) is 0 Å². The Morgan fingerprint density at radius 1 is 1.42 bits per heavy atom. The van der Waals surface area contributed by atoms with Crippen molar-refractivity contribution in [3.05, 3.63) is 29.3 Å². The summed E-state index contributed by atoms with van der Waals surface area (Å²) >= 11 is 0. The largest absolute Gasteiger partial charge is 0.316 e. The zero-order chi connectivity index (χ0) is 13.8. The third-order valence-electron chi connectivity index (χ3n) is 2.71. The van der Waals surface area contributed by atoms with Gasteiger partial charge in [0.25, 0.3) is 0 Å². The van der Waals surface area contributed by atoms with Gasteiger partial charge in [0.2, 0.25) is 10.0 Å². The van der Waals surface area contributed by atoms with Gasteiger partial charge in [-0.15, -0.1) is 12.4 Å². The van der Waals surface area contributed by atoms with E-state index in [1.807, 2.05) is 13.0 Å². The molecule has 0 heterocycles. The van der Waals surface area contributed by atoms with Gasteiger partial charge >= 0.3 is 0 Å². The number of halogens is 1. The van der Waals surface area contributed by atoms with E-state index >= 15 is 0 Å². The van der Waals surface area contributed by atoms with Crippen LogP contribution >= 0.6 is 12.4 Å². The van der Waals surface area contributed by atoms with Gasteiger partial charge in [0.05, 0.1) is 10.5 Å². The smallest absolute Gasteiger partial charge is 0.241 e. The number of benzene rings is 1. The number of nitriles is 1. The Kier molecular flexibility index (Phi) is 7.01. The minimum atomic E-state index is -3.64. The van der Waals surface area contributed by atoms with Crippen LogP contribution in [0, 0.1) is 18.3 Å². The highest BCUT2D eigenvalue weighted by molar-refractivity contribution is 7.89. The summed E-state index contributed by atoms with van der Waals surface area (Å²) in [5, 5.41) is 12.0. The van der Waals surface area contributed by atoms with Crippen molar-refractivity contribution in [1.82, 2.24) is 10.0 Å². The highest BCUT2D eigenvalue weighted by Gasteiger charge is 2.19. The number of aryl methyl sites for hydroxylation is 1. The molecule has 0 bridgehead atoms. The highest BCUT2D eigenvalue weighted by Crippen LogP contribution is 2.18. The number of sulfonamides is 1. The van der Waals surface area contributed by atoms with Crippen LogP contribution in [0.2, 0.25) is 0 Å². The molecule has 1 aromatic carbocycles. The van der Waals surface area contributed by atoms with E-state index in [-0.39, 0.29) is 35.5 Å². The molecule has 0 aromatic heterocycles. The molecule has 0 amide bonds. The van der Waals surface area contributed by atoms with Crippen LogP contribution in [0.1, 0.15) is 18.1 Å². The molecule has 2 N–H and O–H groups in total. The van der Waals surface area contributed by atoms with E-state index < -0.39 is 10.0 Å². The summed E-state index contributed by atoms with van der Waals surface area (Å²) < 4.78 is 26.7. The van der Waals surface area contributed by atoms with E-state index in [4.69, 9.17) is 5.26 Å². The van der Waals surface area contributed by atoms with E-state index in [1.54, 1.807) is 26.1 Å². The second kappa shape index (κ2) is 7.46. The molecule has 0 saturated carbocycles. The molecule has 0 radical (unpaired) electrons. The quantitative estimate of drug-likeness (QED) is 0.855. The summed E-state index contributed by atoms with van der Waals surface area (Å²) in [6.07, 6.45) is 0. The fourth-order valence-electron chi connectivity index (χ4n) is 1.42. The van der Waals surface area contributed by atoms with Crippen LogP contribution in [-0.4, -0.2) is 28.1 Å². The normalized spacial score (nSPS) is 12.3. The molecule has 1 rings (SSSR count). The highest BCUT2D eigenvalue weighted by atomic mass is 35.5. The lowest BCUT2D eigenvalue weighted by Gasteiger charge is -2.13. The molecular formula is C12H18ClN3O2S. The Morgan fingerprint density at radius 2 is 2.05 bits per heavy atom. The summed E-state index contributed by atoms with van der Waals surface area (Å²) in [4.78, 5) is 0.0355. The van der Waals surface area contributed by atoms with Crippen molar-refractivity contribution in [3.8, 4) is 6.07 Å². The number of nitrogens with one attached hydrogen (secondary N) is 2. The van der Waals surface area contributed by atoms with Crippen molar-refractivity contribution in [2.75, 3.05) is 13.6 Å². The van der Waals surface area contributed by atoms with E-state index in [9.17, 15) is 8.42 Å². The molecular weight excluding hydrogens is 286 g/mol. The van der Waals surface area contributed by atoms with E-state index in [1.165, 1.54) is 6.07 Å². The average molecular weight is 304 g/mol. The van der Waals surface area contributed by atoms with E-state index in [0.717, 1.165) is 0 Å². The molecule has 106 valence electrons. The molecule has 5 nitrogen and oxygen atoms in total. The van der Waals surface area contributed by atoms with Crippen molar-refractivity contribution in [2.24, 2.45) is 0 Å². The third-order valence-corrected chi connectivity index (χ3v) is 4.17. The first-order valence-corrected chi connectivity index (χ1v) is 7.07. The van der Waals surface area contributed by atoms with Crippen LogP contribution in [0.5, 0.6) is 0 Å². The van der Waals surface area contributed by atoms with Crippen molar-refractivity contribution >= 4 is 22.4 Å². The van der Waals surface area contributed by atoms with Gasteiger partial charge in [-0.25, -0.2) is 13.1 Å². The van der Waals surface area contributed by atoms with Crippen LogP contribution in [-0.2, 0) is 10.0 Å². The standard InChI is InChI=1S/C12H17N3O2S.ClH/c1-9-5-4-6-12(11(9)7-13)18(16,17)15-8-10(2)14-3;/h4-6,10,14-15H,8H2,1-3H3;1H. The summed E-state index contributed by atoms with van der Waals surface area (Å²) in [5.41, 5.74) is 0.851. The van der Waals surface area contributed by atoms with Crippen LogP contribution in [0.15, 0.2) is 23.1 Å². The summed E-state index contributed by atoms with van der Waals surface area (Å²) in [5.74, 6) is 0. The molecule has 0 aliphatic rings. The van der Waals surface area contributed by atoms with Crippen molar-refractivity contribution in [3.63, 3.8) is 0 Å². The number of likely N-dealkylation sites (N-methyl/N-ethyl adjacent to an activating group) is 1. The minimum Gasteiger partial charge on any atom is -0.316 e. The summed E-state index contributed by atoms with van der Waals surface area (Å²) in [6, 6.07) is 6.75. The van der Waals surface area contributed by atoms with E-state index in [2.05, 4.69) is 10.0 Å². The first-order valence-electron chi connectivity index (χ1n) is 5.59. The molecule has 0 aliphatic carbocycles. The van der Waals surface area contributed by atoms with Crippen LogP contribution in [0.25, 0.3) is 0 Å². The van der Waals surface area contributed by atoms with E-state index in [0.29, 0.717) is 5.56 Å². The fraction of sp³-hybridized carbons (Fsp3) is 0.417. The number of nitrogens with zero attached hydrogens (tertiary/aromatic N) is 1. The predicted molar refractivity (Wildman–Crippen MR) is 76.9 cm³/mol. The Morgan fingerprint density at radius 3 is 2.58 bits per heavy atom. The van der Waals surface area contributed by atoms with Gasteiger partial charge < -0.3 is 5.32 Å². The van der Waals surface area contributed by atoms with Gasteiger partial charge in [0, 0.05) is 12.6 Å². The van der Waals surface area contributed by atoms with Gasteiger partial charge in [-0.1, -0.05) is 12.1 Å². The lowest BCUT2D eigenvalue weighted by Crippen LogP contribution is -2.37. The second-order valence-corrected chi connectivity index (χ2v) is 5.84. The first kappa shape index (κ1) is 17.9. The molecule has 7 heteroatoms. The zero-order valence-corrected chi connectivity index (χ0v) is 12.7. The van der Waals surface area contributed by atoms with Crippen LogP contribution < -0.4 is 10.0 Å². The van der Waals surface area contributed by atoms with Gasteiger partial charge in [0.15, 0.2) is 0 Å². The maximum Gasteiger partial charge on any atom is 0.241 e. The van der Waals surface area contributed by atoms with Crippen molar-refractivity contribution < 1.29 is 8.42 Å². The molecule has 1 atom stereocenters. The zero-order valence-electron chi connectivity index (χ0n) is 11.1. The Hall–Kier alpha value is -1.13. The lowest BCUT2D eigenvalue weighted by atomic mass is 10.1. The molecule has 1 aromatic rings. The lowest BCUT2D eigenvalue weighted by molar-refractivity contribution is 0.554. The van der Waals surface area contributed by atoms with Crippen molar-refractivity contribution in [1.29, 1.82) is 5.26 Å². The molecule has 19 heavy (non-hydrogen) atoms. The molecule has 1 unspecified atom stereocenters.